The summed E-state index contributed by atoms with van der Waals surface area (Å²) in [6.45, 7) is 4.12. The number of carbonyl (C=O) groups excluding carboxylic acids is 1. The third-order valence-corrected chi connectivity index (χ3v) is 4.46. The molecule has 0 bridgehead atoms. The van der Waals surface area contributed by atoms with Crippen LogP contribution in [0.25, 0.3) is 0 Å². The summed E-state index contributed by atoms with van der Waals surface area (Å²) in [5.74, 6) is 1.50. The molecule has 28 heavy (non-hydrogen) atoms. The molecule has 6 heteroatoms. The number of aryl methyl sites for hydroxylation is 2. The molecule has 2 N–H and O–H groups in total. The first-order valence-corrected chi connectivity index (χ1v) is 8.84. The Morgan fingerprint density at radius 3 is 2.46 bits per heavy atom. The summed E-state index contributed by atoms with van der Waals surface area (Å²) in [4.78, 5) is 17.0. The molecule has 1 heterocycles. The molecule has 0 aliphatic heterocycles. The predicted molar refractivity (Wildman–Crippen MR) is 111 cm³/mol. The van der Waals surface area contributed by atoms with Crippen molar-refractivity contribution in [3.63, 3.8) is 0 Å². The quantitative estimate of drug-likeness (QED) is 0.651. The number of hydrogen-bond donors (Lipinski definition) is 2. The number of aromatic nitrogens is 1. The van der Waals surface area contributed by atoms with Crippen LogP contribution in [-0.2, 0) is 0 Å². The van der Waals surface area contributed by atoms with E-state index in [1.165, 1.54) is 11.1 Å². The maximum Gasteiger partial charge on any atom is 0.255 e. The molecule has 1 aromatic heterocycles. The second-order valence-electron chi connectivity index (χ2n) is 6.37. The Balaban J connectivity index is 1.80. The molecule has 0 unspecified atom stereocenters. The largest absolute Gasteiger partial charge is 0.497 e. The first kappa shape index (κ1) is 19.2. The lowest BCUT2D eigenvalue weighted by Crippen LogP contribution is -2.13. The van der Waals surface area contributed by atoms with Crippen molar-refractivity contribution in [3.8, 4) is 11.5 Å². The molecular formula is C22H23N3O3. The highest BCUT2D eigenvalue weighted by molar-refractivity contribution is 6.05. The van der Waals surface area contributed by atoms with E-state index in [1.807, 2.05) is 18.2 Å². The molecule has 6 nitrogen and oxygen atoms in total. The number of rotatable bonds is 6. The Bertz CT molecular complexity index is 1000. The van der Waals surface area contributed by atoms with Crippen LogP contribution in [0.15, 0.2) is 54.7 Å². The first-order chi connectivity index (χ1) is 13.5. The van der Waals surface area contributed by atoms with Crippen molar-refractivity contribution in [2.24, 2.45) is 0 Å². The van der Waals surface area contributed by atoms with Crippen LogP contribution in [0.4, 0.5) is 17.2 Å². The van der Waals surface area contributed by atoms with Crippen molar-refractivity contribution in [1.29, 1.82) is 0 Å². The van der Waals surface area contributed by atoms with Gasteiger partial charge in [-0.15, -0.1) is 0 Å². The number of ether oxygens (including phenoxy) is 2. The maximum absolute atomic E-state index is 12.7. The van der Waals surface area contributed by atoms with Gasteiger partial charge in [0.25, 0.3) is 5.91 Å². The Hall–Kier alpha value is -3.54. The zero-order valence-corrected chi connectivity index (χ0v) is 16.4. The average Bonchev–Trinajstić information content (AvgIpc) is 2.71. The fourth-order valence-corrected chi connectivity index (χ4v) is 2.71. The Kier molecular flexibility index (Phi) is 5.79. The molecule has 3 rings (SSSR count). The minimum absolute atomic E-state index is 0.267. The second kappa shape index (κ2) is 8.43. The van der Waals surface area contributed by atoms with Gasteiger partial charge in [0.2, 0.25) is 0 Å². The van der Waals surface area contributed by atoms with Gasteiger partial charge in [0.15, 0.2) is 0 Å². The monoisotopic (exact) mass is 377 g/mol. The van der Waals surface area contributed by atoms with Crippen LogP contribution in [0.1, 0.15) is 21.5 Å². The predicted octanol–water partition coefficient (Wildman–Crippen LogP) is 4.71. The fraction of sp³-hybridized carbons (Fsp3) is 0.182. The summed E-state index contributed by atoms with van der Waals surface area (Å²) >= 11 is 0. The van der Waals surface area contributed by atoms with Crippen molar-refractivity contribution in [2.75, 3.05) is 24.9 Å². The van der Waals surface area contributed by atoms with E-state index < -0.39 is 0 Å². The van der Waals surface area contributed by atoms with Gasteiger partial charge in [-0.2, -0.15) is 0 Å². The molecular weight excluding hydrogens is 354 g/mol. The highest BCUT2D eigenvalue weighted by atomic mass is 16.5. The zero-order chi connectivity index (χ0) is 20.1. The van der Waals surface area contributed by atoms with Gasteiger partial charge in [-0.25, -0.2) is 4.98 Å². The van der Waals surface area contributed by atoms with E-state index in [-0.39, 0.29) is 5.91 Å². The van der Waals surface area contributed by atoms with E-state index in [2.05, 4.69) is 29.5 Å². The topological polar surface area (TPSA) is 72.5 Å². The third-order valence-electron chi connectivity index (χ3n) is 4.46. The lowest BCUT2D eigenvalue weighted by atomic mass is 10.1. The smallest absolute Gasteiger partial charge is 0.255 e. The summed E-state index contributed by atoms with van der Waals surface area (Å²) in [7, 11) is 3.12. The number of benzene rings is 2. The molecule has 1 amide bonds. The van der Waals surface area contributed by atoms with Crippen molar-refractivity contribution >= 4 is 23.1 Å². The second-order valence-corrected chi connectivity index (χ2v) is 6.37. The SMILES string of the molecule is COc1ccc(OC)c(NC(=O)c2ccnc(Nc3ccc(C)c(C)c3)c2)c1. The van der Waals surface area contributed by atoms with E-state index in [0.717, 1.165) is 5.69 Å². The van der Waals surface area contributed by atoms with Crippen LogP contribution in [0.3, 0.4) is 0 Å². The van der Waals surface area contributed by atoms with Gasteiger partial charge in [0.1, 0.15) is 17.3 Å². The van der Waals surface area contributed by atoms with Crippen LogP contribution in [0, 0.1) is 13.8 Å². The van der Waals surface area contributed by atoms with Crippen molar-refractivity contribution < 1.29 is 14.3 Å². The van der Waals surface area contributed by atoms with Crippen LogP contribution >= 0.6 is 0 Å². The normalized spacial score (nSPS) is 10.3. The highest BCUT2D eigenvalue weighted by Gasteiger charge is 2.12. The van der Waals surface area contributed by atoms with Crippen molar-refractivity contribution in [3.05, 3.63) is 71.4 Å². The first-order valence-electron chi connectivity index (χ1n) is 8.84. The number of nitrogens with one attached hydrogen (secondary N) is 2. The molecule has 0 radical (unpaired) electrons. The zero-order valence-electron chi connectivity index (χ0n) is 16.4. The Morgan fingerprint density at radius 2 is 1.75 bits per heavy atom. The minimum Gasteiger partial charge on any atom is -0.497 e. The number of anilines is 3. The number of hydrogen-bond acceptors (Lipinski definition) is 5. The lowest BCUT2D eigenvalue weighted by molar-refractivity contribution is 0.102. The summed E-state index contributed by atoms with van der Waals surface area (Å²) in [6, 6.07) is 14.7. The van der Waals surface area contributed by atoms with Crippen LogP contribution in [0.5, 0.6) is 11.5 Å². The van der Waals surface area contributed by atoms with E-state index in [4.69, 9.17) is 9.47 Å². The van der Waals surface area contributed by atoms with Gasteiger partial charge in [-0.3, -0.25) is 4.79 Å². The molecule has 0 atom stereocenters. The maximum atomic E-state index is 12.7. The minimum atomic E-state index is -0.267. The van der Waals surface area contributed by atoms with Crippen LogP contribution in [0.2, 0.25) is 0 Å². The average molecular weight is 377 g/mol. The highest BCUT2D eigenvalue weighted by Crippen LogP contribution is 2.29. The molecule has 3 aromatic rings. The van der Waals surface area contributed by atoms with E-state index in [9.17, 15) is 4.79 Å². The number of methoxy groups -OCH3 is 2. The van der Waals surface area contributed by atoms with Gasteiger partial charge in [0, 0.05) is 23.5 Å². The summed E-state index contributed by atoms with van der Waals surface area (Å²) in [5, 5.41) is 6.10. The van der Waals surface area contributed by atoms with Gasteiger partial charge in [0.05, 0.1) is 19.9 Å². The number of amides is 1. The standard InChI is InChI=1S/C22H23N3O3/c1-14-5-6-17(11-15(14)2)24-21-12-16(9-10-23-21)22(26)25-19-13-18(27-3)7-8-20(19)28-4/h5-13H,1-4H3,(H,23,24)(H,25,26). The van der Waals surface area contributed by atoms with Gasteiger partial charge >= 0.3 is 0 Å². The molecule has 0 saturated carbocycles. The van der Waals surface area contributed by atoms with E-state index in [1.54, 1.807) is 50.7 Å². The van der Waals surface area contributed by atoms with Crippen molar-refractivity contribution in [2.45, 2.75) is 13.8 Å². The number of carbonyl (C=O) groups is 1. The van der Waals surface area contributed by atoms with Crippen molar-refractivity contribution in [1.82, 2.24) is 4.98 Å². The molecule has 0 aliphatic carbocycles. The number of nitrogens with zero attached hydrogens (tertiary/aromatic N) is 1. The number of pyridine rings is 1. The molecule has 0 spiro atoms. The summed E-state index contributed by atoms with van der Waals surface area (Å²) in [6.07, 6.45) is 1.60. The Labute approximate surface area is 164 Å². The Morgan fingerprint density at radius 1 is 0.929 bits per heavy atom. The molecule has 0 aliphatic rings. The van der Waals surface area contributed by atoms with Gasteiger partial charge in [-0.1, -0.05) is 6.07 Å². The van der Waals surface area contributed by atoms with E-state index in [0.29, 0.717) is 28.6 Å². The summed E-state index contributed by atoms with van der Waals surface area (Å²) in [5.41, 5.74) is 4.34. The molecule has 2 aromatic carbocycles. The van der Waals surface area contributed by atoms with Crippen LogP contribution < -0.4 is 20.1 Å². The third kappa shape index (κ3) is 4.40. The summed E-state index contributed by atoms with van der Waals surface area (Å²) < 4.78 is 10.5. The van der Waals surface area contributed by atoms with Gasteiger partial charge in [-0.05, 0) is 61.4 Å². The molecule has 0 fully saturated rings. The van der Waals surface area contributed by atoms with Gasteiger partial charge < -0.3 is 20.1 Å². The fourth-order valence-electron chi connectivity index (χ4n) is 2.71. The lowest BCUT2D eigenvalue weighted by Gasteiger charge is -2.12. The molecule has 144 valence electrons. The van der Waals surface area contributed by atoms with E-state index >= 15 is 0 Å². The van der Waals surface area contributed by atoms with Crippen LogP contribution in [-0.4, -0.2) is 25.1 Å². The molecule has 0 saturated heterocycles.